The van der Waals surface area contributed by atoms with Crippen LogP contribution in [-0.2, 0) is 24.2 Å². The molecule has 1 aromatic heterocycles. The number of carbonyl (C=O) groups is 2. The van der Waals surface area contributed by atoms with Gasteiger partial charge in [0, 0.05) is 31.5 Å². The minimum Gasteiger partial charge on any atom is -0.390 e. The van der Waals surface area contributed by atoms with E-state index in [2.05, 4.69) is 33.9 Å². The highest BCUT2D eigenvalue weighted by Gasteiger charge is 2.23. The van der Waals surface area contributed by atoms with Gasteiger partial charge in [-0.2, -0.15) is 0 Å². The zero-order chi connectivity index (χ0) is 25.9. The number of halogens is 2. The average Bonchev–Trinajstić information content (AvgIpc) is 2.87. The van der Waals surface area contributed by atoms with Crippen molar-refractivity contribution in [1.82, 2.24) is 20.9 Å². The number of amides is 2. The molecule has 2 aromatic carbocycles. The summed E-state index contributed by atoms with van der Waals surface area (Å²) in [7, 11) is 0. The number of aromatic nitrogens is 1. The predicted octanol–water partition coefficient (Wildman–Crippen LogP) is 2.53. The SMILES string of the molecule is CCc1cccc(CNC[C@@H](O)[C@H](Cc2cc(F)cc(F)c2)NC(=O)CNC(=O)c2cccnc2)c1. The molecule has 3 aromatic rings. The number of nitrogens with one attached hydrogen (secondary N) is 3. The maximum absolute atomic E-state index is 13.7. The van der Waals surface area contributed by atoms with E-state index in [0.29, 0.717) is 12.1 Å². The van der Waals surface area contributed by atoms with Crippen LogP contribution >= 0.6 is 0 Å². The van der Waals surface area contributed by atoms with Crippen LogP contribution in [0.4, 0.5) is 8.78 Å². The smallest absolute Gasteiger partial charge is 0.253 e. The first-order valence-corrected chi connectivity index (χ1v) is 11.7. The van der Waals surface area contributed by atoms with Crippen LogP contribution in [0.2, 0.25) is 0 Å². The predicted molar refractivity (Wildman–Crippen MR) is 132 cm³/mol. The van der Waals surface area contributed by atoms with E-state index in [1.54, 1.807) is 12.1 Å². The molecule has 0 aliphatic rings. The molecule has 3 rings (SSSR count). The zero-order valence-electron chi connectivity index (χ0n) is 20.0. The van der Waals surface area contributed by atoms with Gasteiger partial charge in [-0.05, 0) is 53.8 Å². The van der Waals surface area contributed by atoms with Crippen LogP contribution in [0, 0.1) is 11.6 Å². The lowest BCUT2D eigenvalue weighted by molar-refractivity contribution is -0.121. The molecule has 4 N–H and O–H groups in total. The van der Waals surface area contributed by atoms with Crippen LogP contribution < -0.4 is 16.0 Å². The first kappa shape index (κ1) is 26.9. The largest absolute Gasteiger partial charge is 0.390 e. The van der Waals surface area contributed by atoms with Crippen molar-refractivity contribution in [2.24, 2.45) is 0 Å². The second kappa shape index (κ2) is 13.4. The molecule has 2 amide bonds. The van der Waals surface area contributed by atoms with Gasteiger partial charge in [0.05, 0.1) is 24.3 Å². The van der Waals surface area contributed by atoms with Crippen LogP contribution in [-0.4, -0.2) is 47.1 Å². The van der Waals surface area contributed by atoms with Crippen molar-refractivity contribution >= 4 is 11.8 Å². The van der Waals surface area contributed by atoms with E-state index >= 15 is 0 Å². The third-order valence-electron chi connectivity index (χ3n) is 5.60. The van der Waals surface area contributed by atoms with E-state index in [4.69, 9.17) is 0 Å². The highest BCUT2D eigenvalue weighted by atomic mass is 19.1. The molecular formula is C27H30F2N4O3. The summed E-state index contributed by atoms with van der Waals surface area (Å²) >= 11 is 0. The fourth-order valence-electron chi connectivity index (χ4n) is 3.75. The van der Waals surface area contributed by atoms with Gasteiger partial charge >= 0.3 is 0 Å². The Morgan fingerprint density at radius 3 is 2.44 bits per heavy atom. The molecule has 0 unspecified atom stereocenters. The Balaban J connectivity index is 1.62. The number of nitrogens with zero attached hydrogens (tertiary/aromatic N) is 1. The molecule has 190 valence electrons. The Hall–Kier alpha value is -3.69. The fraction of sp³-hybridized carbons (Fsp3) is 0.296. The van der Waals surface area contributed by atoms with Gasteiger partial charge in [-0.25, -0.2) is 8.78 Å². The Kier molecular flexibility index (Phi) is 10.0. The summed E-state index contributed by atoms with van der Waals surface area (Å²) < 4.78 is 27.4. The number of hydrogen-bond donors (Lipinski definition) is 4. The molecule has 0 fully saturated rings. The molecule has 0 saturated carbocycles. The number of pyridine rings is 1. The molecular weight excluding hydrogens is 466 g/mol. The zero-order valence-corrected chi connectivity index (χ0v) is 20.0. The highest BCUT2D eigenvalue weighted by Crippen LogP contribution is 2.12. The van der Waals surface area contributed by atoms with Gasteiger partial charge in [-0.1, -0.05) is 31.2 Å². The molecule has 0 saturated heterocycles. The molecule has 0 bridgehead atoms. The number of hydrogen-bond acceptors (Lipinski definition) is 5. The van der Waals surface area contributed by atoms with Crippen LogP contribution in [0.15, 0.2) is 67.0 Å². The van der Waals surface area contributed by atoms with Crippen molar-refractivity contribution in [1.29, 1.82) is 0 Å². The maximum Gasteiger partial charge on any atom is 0.253 e. The maximum atomic E-state index is 13.7. The molecule has 0 spiro atoms. The molecule has 7 nitrogen and oxygen atoms in total. The van der Waals surface area contributed by atoms with Gasteiger partial charge in [-0.3, -0.25) is 14.6 Å². The number of aryl methyl sites for hydroxylation is 1. The van der Waals surface area contributed by atoms with Gasteiger partial charge < -0.3 is 21.1 Å². The van der Waals surface area contributed by atoms with Crippen molar-refractivity contribution in [3.63, 3.8) is 0 Å². The van der Waals surface area contributed by atoms with Gasteiger partial charge in [0.2, 0.25) is 5.91 Å². The highest BCUT2D eigenvalue weighted by molar-refractivity contribution is 5.96. The quantitative estimate of drug-likeness (QED) is 0.309. The summed E-state index contributed by atoms with van der Waals surface area (Å²) in [6.07, 6.45) is 2.74. The summed E-state index contributed by atoms with van der Waals surface area (Å²) in [5, 5.41) is 19.2. The lowest BCUT2D eigenvalue weighted by atomic mass is 10.0. The van der Waals surface area contributed by atoms with E-state index in [-0.39, 0.29) is 25.1 Å². The second-order valence-electron chi connectivity index (χ2n) is 8.45. The van der Waals surface area contributed by atoms with Crippen LogP contribution in [0.3, 0.4) is 0 Å². The normalized spacial score (nSPS) is 12.6. The van der Waals surface area contributed by atoms with E-state index in [0.717, 1.165) is 30.2 Å². The van der Waals surface area contributed by atoms with Gasteiger partial charge in [-0.15, -0.1) is 0 Å². The number of aliphatic hydroxyl groups excluding tert-OH is 1. The summed E-state index contributed by atoms with van der Waals surface area (Å²) in [4.78, 5) is 28.6. The van der Waals surface area contributed by atoms with Crippen LogP contribution in [0.5, 0.6) is 0 Å². The molecule has 0 radical (unpaired) electrons. The number of rotatable bonds is 12. The Bertz CT molecular complexity index is 1140. The fourth-order valence-corrected chi connectivity index (χ4v) is 3.75. The van der Waals surface area contributed by atoms with E-state index in [1.807, 2.05) is 18.2 Å². The van der Waals surface area contributed by atoms with Crippen molar-refractivity contribution < 1.29 is 23.5 Å². The second-order valence-corrected chi connectivity index (χ2v) is 8.45. The molecule has 1 heterocycles. The third kappa shape index (κ3) is 8.51. The molecule has 2 atom stereocenters. The van der Waals surface area contributed by atoms with Crippen LogP contribution in [0.25, 0.3) is 0 Å². The topological polar surface area (TPSA) is 103 Å². The van der Waals surface area contributed by atoms with Crippen molar-refractivity contribution in [3.8, 4) is 0 Å². The molecule has 0 aliphatic heterocycles. The van der Waals surface area contributed by atoms with Crippen LogP contribution in [0.1, 0.15) is 34.0 Å². The third-order valence-corrected chi connectivity index (χ3v) is 5.60. The van der Waals surface area contributed by atoms with E-state index in [9.17, 15) is 23.5 Å². The van der Waals surface area contributed by atoms with Gasteiger partial charge in [0.25, 0.3) is 5.91 Å². The number of carbonyl (C=O) groups excluding carboxylic acids is 2. The molecule has 0 aliphatic carbocycles. The van der Waals surface area contributed by atoms with Crippen molar-refractivity contribution in [2.45, 2.75) is 38.5 Å². The van der Waals surface area contributed by atoms with Crippen molar-refractivity contribution in [2.75, 3.05) is 13.1 Å². The Labute approximate surface area is 209 Å². The van der Waals surface area contributed by atoms with Gasteiger partial charge in [0.15, 0.2) is 0 Å². The van der Waals surface area contributed by atoms with Crippen molar-refractivity contribution in [3.05, 3.63) is 101 Å². The lowest BCUT2D eigenvalue weighted by Gasteiger charge is -2.25. The minimum atomic E-state index is -1.07. The first-order chi connectivity index (χ1) is 17.3. The summed E-state index contributed by atoms with van der Waals surface area (Å²) in [5.74, 6) is -2.52. The molecule has 36 heavy (non-hydrogen) atoms. The Morgan fingerprint density at radius 2 is 1.75 bits per heavy atom. The molecule has 9 heteroatoms. The minimum absolute atomic E-state index is 0.00879. The lowest BCUT2D eigenvalue weighted by Crippen LogP contribution is -2.51. The van der Waals surface area contributed by atoms with E-state index < -0.39 is 35.6 Å². The number of benzene rings is 2. The summed E-state index contributed by atoms with van der Waals surface area (Å²) in [6.45, 7) is 2.35. The standard InChI is InChI=1S/C27H30F2N4O3/c1-2-18-5-3-6-19(9-18)14-31-16-25(34)24(12-20-10-22(28)13-23(29)11-20)33-26(35)17-32-27(36)21-7-4-8-30-15-21/h3-11,13,15,24-25,31,34H,2,12,14,16-17H2,1H3,(H,32,36)(H,33,35)/t24-,25+/m0/s1. The monoisotopic (exact) mass is 496 g/mol. The van der Waals surface area contributed by atoms with E-state index in [1.165, 1.54) is 18.0 Å². The Morgan fingerprint density at radius 1 is 1.00 bits per heavy atom. The number of aliphatic hydroxyl groups is 1. The first-order valence-electron chi connectivity index (χ1n) is 11.7. The van der Waals surface area contributed by atoms with Gasteiger partial charge in [0.1, 0.15) is 11.6 Å². The average molecular weight is 497 g/mol. The summed E-state index contributed by atoms with van der Waals surface area (Å²) in [6, 6.07) is 13.4. The summed E-state index contributed by atoms with van der Waals surface area (Å²) in [5.41, 5.74) is 2.83.